The fraction of sp³-hybridized carbons (Fsp3) is 0.0667. The zero-order valence-electron chi connectivity index (χ0n) is 11.1. The highest BCUT2D eigenvalue weighted by molar-refractivity contribution is 7.13. The Hall–Kier alpha value is -2.60. The van der Waals surface area contributed by atoms with Crippen LogP contribution in [0, 0.1) is 0 Å². The highest BCUT2D eigenvalue weighted by Gasteiger charge is 2.08. The minimum absolute atomic E-state index is 0.252. The van der Waals surface area contributed by atoms with E-state index in [-0.39, 0.29) is 5.91 Å². The van der Waals surface area contributed by atoms with Crippen LogP contribution in [0.1, 0.15) is 16.2 Å². The second-order valence-corrected chi connectivity index (χ2v) is 5.14. The molecule has 2 heterocycles. The predicted octanol–water partition coefficient (Wildman–Crippen LogP) is 2.53. The first-order valence-electron chi connectivity index (χ1n) is 6.37. The van der Waals surface area contributed by atoms with Crippen molar-refractivity contribution in [2.45, 2.75) is 6.54 Å². The number of thiazole rings is 1. The van der Waals surface area contributed by atoms with E-state index in [1.165, 1.54) is 18.6 Å². The van der Waals surface area contributed by atoms with E-state index in [2.05, 4.69) is 20.3 Å². The van der Waals surface area contributed by atoms with Crippen molar-refractivity contribution in [1.82, 2.24) is 20.3 Å². The Labute approximate surface area is 125 Å². The number of nitrogens with one attached hydrogen (secondary N) is 1. The summed E-state index contributed by atoms with van der Waals surface area (Å²) in [6.45, 7) is 0.374. The number of carbonyl (C=O) groups is 1. The molecule has 0 radical (unpaired) electrons. The molecule has 104 valence electrons. The topological polar surface area (TPSA) is 67.8 Å². The maximum Gasteiger partial charge on any atom is 0.271 e. The minimum Gasteiger partial charge on any atom is -0.345 e. The molecular formula is C15H12N4OS. The molecule has 0 unspecified atom stereocenters. The fourth-order valence-corrected chi connectivity index (χ4v) is 2.61. The van der Waals surface area contributed by atoms with Crippen molar-refractivity contribution in [3.63, 3.8) is 0 Å². The van der Waals surface area contributed by atoms with Gasteiger partial charge in [0.1, 0.15) is 10.7 Å². The van der Waals surface area contributed by atoms with Crippen LogP contribution in [0.4, 0.5) is 0 Å². The van der Waals surface area contributed by atoms with Gasteiger partial charge in [-0.25, -0.2) is 9.97 Å². The molecule has 1 N–H and O–H groups in total. The quantitative estimate of drug-likeness (QED) is 0.803. The molecule has 5 nitrogen and oxygen atoms in total. The van der Waals surface area contributed by atoms with E-state index in [4.69, 9.17) is 0 Å². The first kappa shape index (κ1) is 13.4. The van der Waals surface area contributed by atoms with Crippen LogP contribution in [0.2, 0.25) is 0 Å². The standard InChI is InChI=1S/C15H12N4OS/c20-14(13-9-16-6-7-17-13)18-8-12-10-21-15(19-12)11-4-2-1-3-5-11/h1-7,9-10H,8H2,(H,18,20). The van der Waals surface area contributed by atoms with Crippen molar-refractivity contribution in [3.05, 3.63) is 65.7 Å². The van der Waals surface area contributed by atoms with Gasteiger partial charge < -0.3 is 5.32 Å². The second-order valence-electron chi connectivity index (χ2n) is 4.28. The Morgan fingerprint density at radius 2 is 2.05 bits per heavy atom. The maximum absolute atomic E-state index is 11.9. The molecule has 1 amide bonds. The molecule has 3 aromatic rings. The highest BCUT2D eigenvalue weighted by atomic mass is 32.1. The van der Waals surface area contributed by atoms with Gasteiger partial charge in [0.05, 0.1) is 18.4 Å². The summed E-state index contributed by atoms with van der Waals surface area (Å²) in [5.41, 5.74) is 2.21. The molecule has 3 rings (SSSR count). The van der Waals surface area contributed by atoms with Crippen molar-refractivity contribution >= 4 is 17.2 Å². The largest absolute Gasteiger partial charge is 0.345 e. The van der Waals surface area contributed by atoms with Gasteiger partial charge in [-0.2, -0.15) is 0 Å². The Balaban J connectivity index is 1.64. The number of hydrogen-bond donors (Lipinski definition) is 1. The lowest BCUT2D eigenvalue weighted by molar-refractivity contribution is 0.0945. The summed E-state index contributed by atoms with van der Waals surface area (Å²) in [6.07, 6.45) is 4.46. The van der Waals surface area contributed by atoms with Crippen molar-refractivity contribution in [2.75, 3.05) is 0 Å². The van der Waals surface area contributed by atoms with E-state index in [9.17, 15) is 4.79 Å². The van der Waals surface area contributed by atoms with Crippen molar-refractivity contribution < 1.29 is 4.79 Å². The van der Waals surface area contributed by atoms with Gasteiger partial charge in [-0.05, 0) is 0 Å². The molecule has 0 saturated heterocycles. The van der Waals surface area contributed by atoms with E-state index in [1.54, 1.807) is 11.3 Å². The van der Waals surface area contributed by atoms with E-state index >= 15 is 0 Å². The number of amides is 1. The average Bonchev–Trinajstić information content (AvgIpc) is 3.03. The zero-order valence-corrected chi connectivity index (χ0v) is 11.9. The number of hydrogen-bond acceptors (Lipinski definition) is 5. The van der Waals surface area contributed by atoms with Gasteiger partial charge in [0.2, 0.25) is 0 Å². The van der Waals surface area contributed by atoms with Gasteiger partial charge in [0.15, 0.2) is 0 Å². The molecule has 0 aliphatic heterocycles. The lowest BCUT2D eigenvalue weighted by Gasteiger charge is -2.01. The Bertz CT molecular complexity index is 728. The van der Waals surface area contributed by atoms with Crippen molar-refractivity contribution in [3.8, 4) is 10.6 Å². The monoisotopic (exact) mass is 296 g/mol. The summed E-state index contributed by atoms with van der Waals surface area (Å²) in [5.74, 6) is -0.252. The van der Waals surface area contributed by atoms with Crippen LogP contribution in [0.3, 0.4) is 0 Å². The van der Waals surface area contributed by atoms with Gasteiger partial charge in [-0.15, -0.1) is 11.3 Å². The van der Waals surface area contributed by atoms with Gasteiger partial charge in [0, 0.05) is 23.3 Å². The molecule has 0 aliphatic rings. The molecule has 0 aliphatic carbocycles. The van der Waals surface area contributed by atoms with Crippen LogP contribution in [0.25, 0.3) is 10.6 Å². The summed E-state index contributed by atoms with van der Waals surface area (Å²) in [5, 5.41) is 5.67. The smallest absolute Gasteiger partial charge is 0.271 e. The molecule has 0 atom stereocenters. The highest BCUT2D eigenvalue weighted by Crippen LogP contribution is 2.23. The van der Waals surface area contributed by atoms with Gasteiger partial charge in [0.25, 0.3) is 5.91 Å². The SMILES string of the molecule is O=C(NCc1csc(-c2ccccc2)n1)c1cnccn1. The van der Waals surface area contributed by atoms with Crippen LogP contribution in [-0.2, 0) is 6.54 Å². The van der Waals surface area contributed by atoms with E-state index in [1.807, 2.05) is 35.7 Å². The summed E-state index contributed by atoms with van der Waals surface area (Å²) in [4.78, 5) is 24.2. The van der Waals surface area contributed by atoms with Crippen LogP contribution in [-0.4, -0.2) is 20.9 Å². The molecule has 0 spiro atoms. The Morgan fingerprint density at radius 1 is 1.19 bits per heavy atom. The maximum atomic E-state index is 11.9. The molecule has 21 heavy (non-hydrogen) atoms. The lowest BCUT2D eigenvalue weighted by atomic mass is 10.2. The molecule has 6 heteroatoms. The number of carbonyl (C=O) groups excluding carboxylic acids is 1. The zero-order chi connectivity index (χ0) is 14.5. The van der Waals surface area contributed by atoms with Crippen molar-refractivity contribution in [1.29, 1.82) is 0 Å². The van der Waals surface area contributed by atoms with Crippen LogP contribution in [0.5, 0.6) is 0 Å². The molecule has 0 bridgehead atoms. The number of benzene rings is 1. The molecule has 2 aromatic heterocycles. The second kappa shape index (κ2) is 6.23. The first-order valence-corrected chi connectivity index (χ1v) is 7.25. The Morgan fingerprint density at radius 3 is 2.81 bits per heavy atom. The van der Waals surface area contributed by atoms with Crippen LogP contribution >= 0.6 is 11.3 Å². The average molecular weight is 296 g/mol. The lowest BCUT2D eigenvalue weighted by Crippen LogP contribution is -2.24. The summed E-state index contributed by atoms with van der Waals surface area (Å²) in [6, 6.07) is 9.96. The van der Waals surface area contributed by atoms with Gasteiger partial charge in [-0.3, -0.25) is 9.78 Å². The fourth-order valence-electron chi connectivity index (χ4n) is 1.78. The molecule has 0 saturated carbocycles. The number of rotatable bonds is 4. The van der Waals surface area contributed by atoms with E-state index in [0.717, 1.165) is 16.3 Å². The number of nitrogens with zero attached hydrogens (tertiary/aromatic N) is 3. The number of aromatic nitrogens is 3. The minimum atomic E-state index is -0.252. The Kier molecular flexibility index (Phi) is 3.97. The van der Waals surface area contributed by atoms with Crippen LogP contribution in [0.15, 0.2) is 54.3 Å². The van der Waals surface area contributed by atoms with E-state index in [0.29, 0.717) is 12.2 Å². The summed E-state index contributed by atoms with van der Waals surface area (Å²) in [7, 11) is 0. The van der Waals surface area contributed by atoms with Crippen molar-refractivity contribution in [2.24, 2.45) is 0 Å². The third kappa shape index (κ3) is 3.29. The van der Waals surface area contributed by atoms with Gasteiger partial charge >= 0.3 is 0 Å². The third-order valence-electron chi connectivity index (χ3n) is 2.80. The predicted molar refractivity (Wildman–Crippen MR) is 80.8 cm³/mol. The van der Waals surface area contributed by atoms with Gasteiger partial charge in [-0.1, -0.05) is 30.3 Å². The summed E-state index contributed by atoms with van der Waals surface area (Å²) >= 11 is 1.56. The summed E-state index contributed by atoms with van der Waals surface area (Å²) < 4.78 is 0. The first-order chi connectivity index (χ1) is 10.3. The van der Waals surface area contributed by atoms with Crippen LogP contribution < -0.4 is 5.32 Å². The normalized spacial score (nSPS) is 10.3. The van der Waals surface area contributed by atoms with E-state index < -0.39 is 0 Å². The molecular weight excluding hydrogens is 284 g/mol. The molecule has 0 fully saturated rings. The third-order valence-corrected chi connectivity index (χ3v) is 3.74. The molecule has 1 aromatic carbocycles.